The van der Waals surface area contributed by atoms with E-state index < -0.39 is 5.91 Å². The molecule has 0 unspecified atom stereocenters. The van der Waals surface area contributed by atoms with Crippen LogP contribution in [0, 0.1) is 23.7 Å². The number of aromatic nitrogens is 2. The lowest BCUT2D eigenvalue weighted by atomic mass is 9.85. The summed E-state index contributed by atoms with van der Waals surface area (Å²) in [6.07, 6.45) is 5.01. The first-order valence-electron chi connectivity index (χ1n) is 9.94. The molecule has 2 fully saturated rings. The minimum absolute atomic E-state index is 0.0602. The maximum absolute atomic E-state index is 12.9. The number of hydrogen-bond acceptors (Lipinski definition) is 7. The van der Waals surface area contributed by atoms with Crippen molar-refractivity contribution in [2.75, 3.05) is 24.4 Å². The summed E-state index contributed by atoms with van der Waals surface area (Å²) in [6, 6.07) is 7.90. The number of fused-ring (bicyclic) bond motifs is 5. The number of methoxy groups -OCH3 is 2. The van der Waals surface area contributed by atoms with Gasteiger partial charge < -0.3 is 14.8 Å². The zero-order chi connectivity index (χ0) is 21.7. The Morgan fingerprint density at radius 2 is 1.65 bits per heavy atom. The molecule has 5 rings (SSSR count). The second-order valence-electron chi connectivity index (χ2n) is 7.80. The average molecular weight is 420 g/mol. The maximum atomic E-state index is 12.9. The lowest BCUT2D eigenvalue weighted by molar-refractivity contribution is -0.123. The molecule has 9 nitrogen and oxygen atoms in total. The topological polar surface area (TPSA) is 111 Å². The first kappa shape index (κ1) is 19.2. The van der Waals surface area contributed by atoms with E-state index in [0.29, 0.717) is 11.3 Å². The smallest absolute Gasteiger partial charge is 0.321 e. The molecule has 2 heterocycles. The van der Waals surface area contributed by atoms with Crippen molar-refractivity contribution in [2.24, 2.45) is 23.7 Å². The molecule has 1 aliphatic heterocycles. The van der Waals surface area contributed by atoms with Crippen LogP contribution in [-0.2, 0) is 9.59 Å². The van der Waals surface area contributed by atoms with E-state index in [9.17, 15) is 14.4 Å². The molecule has 1 aromatic carbocycles. The normalized spacial score (nSPS) is 25.7. The van der Waals surface area contributed by atoms with Gasteiger partial charge in [-0.25, -0.2) is 0 Å². The molecule has 3 aliphatic rings. The van der Waals surface area contributed by atoms with Gasteiger partial charge in [-0.3, -0.25) is 19.3 Å². The second-order valence-corrected chi connectivity index (χ2v) is 7.80. The van der Waals surface area contributed by atoms with Crippen LogP contribution in [-0.4, -0.2) is 41.9 Å². The summed E-state index contributed by atoms with van der Waals surface area (Å²) in [5.41, 5.74) is 0.826. The Kier molecular flexibility index (Phi) is 4.46. The van der Waals surface area contributed by atoms with Crippen molar-refractivity contribution in [3.63, 3.8) is 0 Å². The second kappa shape index (κ2) is 7.19. The minimum Gasteiger partial charge on any atom is -0.481 e. The molecular weight excluding hydrogens is 400 g/mol. The first-order chi connectivity index (χ1) is 15.0. The zero-order valence-electron chi connectivity index (χ0n) is 16.9. The largest absolute Gasteiger partial charge is 0.481 e. The number of benzene rings is 1. The summed E-state index contributed by atoms with van der Waals surface area (Å²) in [6.45, 7) is 0. The van der Waals surface area contributed by atoms with Crippen LogP contribution < -0.4 is 19.7 Å². The summed E-state index contributed by atoms with van der Waals surface area (Å²) in [5.74, 6) is -0.440. The average Bonchev–Trinajstić information content (AvgIpc) is 3.47. The van der Waals surface area contributed by atoms with Crippen molar-refractivity contribution in [2.45, 2.75) is 6.42 Å². The predicted molar refractivity (Wildman–Crippen MR) is 110 cm³/mol. The van der Waals surface area contributed by atoms with Crippen LogP contribution in [0.15, 0.2) is 42.5 Å². The fourth-order valence-corrected chi connectivity index (χ4v) is 4.77. The number of nitrogens with zero attached hydrogens (tertiary/aromatic N) is 3. The maximum Gasteiger partial charge on any atom is 0.321 e. The van der Waals surface area contributed by atoms with Gasteiger partial charge in [-0.1, -0.05) is 12.2 Å². The third kappa shape index (κ3) is 3.04. The van der Waals surface area contributed by atoms with E-state index in [1.807, 2.05) is 0 Å². The Morgan fingerprint density at radius 3 is 2.23 bits per heavy atom. The summed E-state index contributed by atoms with van der Waals surface area (Å²) in [4.78, 5) is 47.8. The SMILES string of the molecule is COc1cc(NC(=O)c2ccc(N3C(=O)[C@@H]4[C@H](C3=O)[C@H]3C=C[C@H]4C3)cc2)nc(OC)n1. The van der Waals surface area contributed by atoms with E-state index >= 15 is 0 Å². The number of rotatable bonds is 5. The van der Waals surface area contributed by atoms with Crippen LogP contribution in [0.5, 0.6) is 11.9 Å². The van der Waals surface area contributed by atoms with Crippen molar-refractivity contribution in [1.29, 1.82) is 0 Å². The minimum atomic E-state index is -0.410. The number of amides is 3. The molecule has 2 aliphatic carbocycles. The molecular formula is C22H20N4O5. The quantitative estimate of drug-likeness (QED) is 0.582. The predicted octanol–water partition coefficient (Wildman–Crippen LogP) is 2.06. The molecule has 1 saturated heterocycles. The van der Waals surface area contributed by atoms with Gasteiger partial charge in [0.05, 0.1) is 31.7 Å². The van der Waals surface area contributed by atoms with Crippen LogP contribution in [0.4, 0.5) is 11.5 Å². The van der Waals surface area contributed by atoms with Gasteiger partial charge in [0, 0.05) is 11.6 Å². The van der Waals surface area contributed by atoms with E-state index in [2.05, 4.69) is 27.4 Å². The molecule has 1 aromatic heterocycles. The van der Waals surface area contributed by atoms with E-state index in [-0.39, 0.29) is 53.2 Å². The standard InChI is InChI=1S/C22H20N4O5/c1-30-16-10-15(24-22(25-16)31-2)23-19(27)11-5-7-14(8-6-11)26-20(28)17-12-3-4-13(9-12)18(17)21(26)29/h3-8,10,12-13,17-18H,9H2,1-2H3,(H,23,24,25,27)/t12-,13-,17-,18+/m0/s1. The van der Waals surface area contributed by atoms with Crippen molar-refractivity contribution >= 4 is 29.2 Å². The summed E-state index contributed by atoms with van der Waals surface area (Å²) < 4.78 is 10.1. The molecule has 0 spiro atoms. The number of carbonyl (C=O) groups excluding carboxylic acids is 3. The van der Waals surface area contributed by atoms with Gasteiger partial charge in [-0.15, -0.1) is 0 Å². The third-order valence-corrected chi connectivity index (χ3v) is 6.17. The van der Waals surface area contributed by atoms with Crippen LogP contribution in [0.1, 0.15) is 16.8 Å². The number of anilines is 2. The fourth-order valence-electron chi connectivity index (χ4n) is 4.77. The van der Waals surface area contributed by atoms with Crippen LogP contribution >= 0.6 is 0 Å². The number of nitrogens with one attached hydrogen (secondary N) is 1. The van der Waals surface area contributed by atoms with Crippen LogP contribution in [0.2, 0.25) is 0 Å². The molecule has 31 heavy (non-hydrogen) atoms. The zero-order valence-corrected chi connectivity index (χ0v) is 16.9. The van der Waals surface area contributed by atoms with Gasteiger partial charge in [0.15, 0.2) is 0 Å². The third-order valence-electron chi connectivity index (χ3n) is 6.17. The van der Waals surface area contributed by atoms with Gasteiger partial charge in [0.25, 0.3) is 5.91 Å². The molecule has 4 atom stereocenters. The van der Waals surface area contributed by atoms with E-state index in [1.165, 1.54) is 25.2 Å². The summed E-state index contributed by atoms with van der Waals surface area (Å²) in [7, 11) is 2.86. The number of allylic oxidation sites excluding steroid dienone is 2. The van der Waals surface area contributed by atoms with Crippen LogP contribution in [0.25, 0.3) is 0 Å². The molecule has 1 N–H and O–H groups in total. The van der Waals surface area contributed by atoms with Gasteiger partial charge in [0.2, 0.25) is 17.7 Å². The first-order valence-corrected chi connectivity index (χ1v) is 9.94. The Bertz CT molecular complexity index is 1060. The molecule has 158 valence electrons. The van der Waals surface area contributed by atoms with Crippen molar-refractivity contribution in [1.82, 2.24) is 9.97 Å². The highest BCUT2D eigenvalue weighted by molar-refractivity contribution is 6.23. The molecule has 2 bridgehead atoms. The van der Waals surface area contributed by atoms with Gasteiger partial charge >= 0.3 is 6.01 Å². The van der Waals surface area contributed by atoms with E-state index in [0.717, 1.165) is 6.42 Å². The number of hydrogen-bond donors (Lipinski definition) is 1. The Hall–Kier alpha value is -3.75. The molecule has 0 radical (unpaired) electrons. The lowest BCUT2D eigenvalue weighted by Gasteiger charge is -2.17. The molecule has 1 saturated carbocycles. The highest BCUT2D eigenvalue weighted by Gasteiger charge is 2.59. The number of ether oxygens (including phenoxy) is 2. The van der Waals surface area contributed by atoms with Crippen molar-refractivity contribution in [3.05, 3.63) is 48.0 Å². The number of carbonyl (C=O) groups is 3. The van der Waals surface area contributed by atoms with Crippen molar-refractivity contribution in [3.8, 4) is 11.9 Å². The highest BCUT2D eigenvalue weighted by atomic mass is 16.5. The monoisotopic (exact) mass is 420 g/mol. The Balaban J connectivity index is 1.33. The fraction of sp³-hybridized carbons (Fsp3) is 0.318. The molecule has 2 aromatic rings. The Morgan fingerprint density at radius 1 is 1.00 bits per heavy atom. The van der Waals surface area contributed by atoms with Crippen molar-refractivity contribution < 1.29 is 23.9 Å². The molecule has 9 heteroatoms. The van der Waals surface area contributed by atoms with E-state index in [4.69, 9.17) is 9.47 Å². The van der Waals surface area contributed by atoms with Gasteiger partial charge in [0.1, 0.15) is 5.82 Å². The van der Waals surface area contributed by atoms with Crippen LogP contribution in [0.3, 0.4) is 0 Å². The van der Waals surface area contributed by atoms with Gasteiger partial charge in [-0.2, -0.15) is 9.97 Å². The summed E-state index contributed by atoms with van der Waals surface area (Å²) in [5, 5.41) is 2.66. The Labute approximate surface area is 178 Å². The molecule has 3 amide bonds. The highest BCUT2D eigenvalue weighted by Crippen LogP contribution is 2.53. The van der Waals surface area contributed by atoms with Gasteiger partial charge in [-0.05, 0) is 42.5 Å². The number of imide groups is 1. The summed E-state index contributed by atoms with van der Waals surface area (Å²) >= 11 is 0. The lowest BCUT2D eigenvalue weighted by Crippen LogP contribution is -2.32. The van der Waals surface area contributed by atoms with E-state index in [1.54, 1.807) is 24.3 Å².